The van der Waals surface area contributed by atoms with Gasteiger partial charge >= 0.3 is 5.97 Å². The molecule has 0 bridgehead atoms. The van der Waals surface area contributed by atoms with E-state index in [4.69, 9.17) is 11.6 Å². The maximum atomic E-state index is 11.4. The second-order valence-corrected chi connectivity index (χ2v) is 11.3. The number of carboxylic acid groups (broad SMARTS) is 1. The molecule has 0 spiro atoms. The zero-order chi connectivity index (χ0) is 19.4. The summed E-state index contributed by atoms with van der Waals surface area (Å²) in [5.41, 5.74) is 0. The summed E-state index contributed by atoms with van der Waals surface area (Å²) in [5.74, 6) is 0.892. The number of aliphatic hydroxyl groups is 1. The molecule has 1 heterocycles. The fraction of sp³-hybridized carbons (Fsp3) is 0.864. The van der Waals surface area contributed by atoms with Gasteiger partial charge in [0.2, 0.25) is 0 Å². The smallest absolute Gasteiger partial charge is 0.320 e. The highest BCUT2D eigenvalue weighted by atomic mass is 35.5. The van der Waals surface area contributed by atoms with E-state index in [0.717, 1.165) is 38.0 Å². The molecular formula is C22H35ClO3S. The van der Waals surface area contributed by atoms with E-state index in [0.29, 0.717) is 18.3 Å². The van der Waals surface area contributed by atoms with Gasteiger partial charge in [-0.25, -0.2) is 0 Å². The lowest BCUT2D eigenvalue weighted by Gasteiger charge is -2.27. The van der Waals surface area contributed by atoms with Crippen molar-refractivity contribution < 1.29 is 15.0 Å². The van der Waals surface area contributed by atoms with E-state index in [-0.39, 0.29) is 11.5 Å². The Kier molecular flexibility index (Phi) is 7.60. The Hall–Kier alpha value is -0.190. The Balaban J connectivity index is 1.45. The van der Waals surface area contributed by atoms with E-state index < -0.39 is 10.7 Å². The third-order valence-corrected chi connectivity index (χ3v) is 9.02. The van der Waals surface area contributed by atoms with Crippen LogP contribution in [0.15, 0.2) is 11.0 Å². The summed E-state index contributed by atoms with van der Waals surface area (Å²) in [6.45, 7) is 1.81. The van der Waals surface area contributed by atoms with Crippen LogP contribution in [0.5, 0.6) is 0 Å². The number of thioether (sulfide) groups is 1. The van der Waals surface area contributed by atoms with E-state index in [1.54, 1.807) is 0 Å². The van der Waals surface area contributed by atoms with E-state index >= 15 is 0 Å². The summed E-state index contributed by atoms with van der Waals surface area (Å²) < 4.78 is -0.684. The molecule has 5 atom stereocenters. The average molecular weight is 415 g/mol. The molecular weight excluding hydrogens is 380 g/mol. The van der Waals surface area contributed by atoms with Crippen molar-refractivity contribution in [2.45, 2.75) is 100 Å². The van der Waals surface area contributed by atoms with Crippen LogP contribution in [0.4, 0.5) is 0 Å². The molecule has 5 heteroatoms. The number of alkyl halides is 1. The quantitative estimate of drug-likeness (QED) is 0.479. The molecule has 2 N–H and O–H groups in total. The zero-order valence-electron chi connectivity index (χ0n) is 16.5. The molecule has 2 aliphatic carbocycles. The highest BCUT2D eigenvalue weighted by molar-refractivity contribution is 8.05. The SMILES string of the molecule is CC1(C(=O)O)CC=C(CCCC2C(Cl)CC(O)C2CCC2CCCCC2)S1. The van der Waals surface area contributed by atoms with E-state index in [2.05, 4.69) is 6.08 Å². The first-order valence-electron chi connectivity index (χ1n) is 10.8. The van der Waals surface area contributed by atoms with Gasteiger partial charge in [0.1, 0.15) is 4.75 Å². The average Bonchev–Trinajstić information content (AvgIpc) is 3.15. The largest absolute Gasteiger partial charge is 0.480 e. The Labute approximate surface area is 173 Å². The fourth-order valence-corrected chi connectivity index (χ4v) is 7.06. The number of carboxylic acids is 1. The number of rotatable bonds is 8. The van der Waals surface area contributed by atoms with Crippen LogP contribution in [0.2, 0.25) is 0 Å². The Morgan fingerprint density at radius 3 is 2.63 bits per heavy atom. The predicted octanol–water partition coefficient (Wildman–Crippen LogP) is 5.99. The fourth-order valence-electron chi connectivity index (χ4n) is 5.32. The van der Waals surface area contributed by atoms with Crippen LogP contribution in [0.25, 0.3) is 0 Å². The Bertz CT molecular complexity index is 546. The Morgan fingerprint density at radius 1 is 1.22 bits per heavy atom. The molecule has 27 heavy (non-hydrogen) atoms. The van der Waals surface area contributed by atoms with Gasteiger partial charge in [0.25, 0.3) is 0 Å². The van der Waals surface area contributed by atoms with Crippen molar-refractivity contribution in [3.63, 3.8) is 0 Å². The summed E-state index contributed by atoms with van der Waals surface area (Å²) in [7, 11) is 0. The summed E-state index contributed by atoms with van der Waals surface area (Å²) in [6, 6.07) is 0. The second-order valence-electron chi connectivity index (χ2n) is 9.13. The van der Waals surface area contributed by atoms with E-state index in [1.165, 1.54) is 55.2 Å². The minimum absolute atomic E-state index is 0.0888. The van der Waals surface area contributed by atoms with Crippen molar-refractivity contribution in [1.82, 2.24) is 0 Å². The molecule has 3 rings (SSSR count). The zero-order valence-corrected chi connectivity index (χ0v) is 18.1. The lowest BCUT2D eigenvalue weighted by molar-refractivity contribution is -0.139. The standard InChI is InChI=1S/C22H35ClO3S/c1-22(21(25)26)13-12-16(27-22)8-5-9-17-18(20(24)14-19(17)23)11-10-15-6-3-2-4-7-15/h12,15,17-20,24H,2-11,13-14H2,1H3,(H,25,26). The van der Waals surface area contributed by atoms with Crippen molar-refractivity contribution in [1.29, 1.82) is 0 Å². The molecule has 0 aromatic carbocycles. The molecule has 154 valence electrons. The maximum Gasteiger partial charge on any atom is 0.320 e. The first kappa shape index (κ1) is 21.5. The van der Waals surface area contributed by atoms with Crippen LogP contribution < -0.4 is 0 Å². The van der Waals surface area contributed by atoms with Gasteiger partial charge in [-0.15, -0.1) is 23.4 Å². The Morgan fingerprint density at radius 2 is 1.96 bits per heavy atom. The number of allylic oxidation sites excluding steroid dienone is 2. The first-order chi connectivity index (χ1) is 12.9. The highest BCUT2D eigenvalue weighted by Gasteiger charge is 2.41. The molecule has 0 aromatic rings. The van der Waals surface area contributed by atoms with Gasteiger partial charge in [-0.2, -0.15) is 0 Å². The lowest BCUT2D eigenvalue weighted by Crippen LogP contribution is -2.28. The summed E-state index contributed by atoms with van der Waals surface area (Å²) in [4.78, 5) is 12.6. The number of hydrogen-bond donors (Lipinski definition) is 2. The van der Waals surface area contributed by atoms with Crippen LogP contribution >= 0.6 is 23.4 Å². The number of hydrogen-bond acceptors (Lipinski definition) is 3. The van der Waals surface area contributed by atoms with Gasteiger partial charge in [-0.05, 0) is 68.1 Å². The van der Waals surface area contributed by atoms with Gasteiger partial charge in [-0.3, -0.25) is 4.79 Å². The lowest BCUT2D eigenvalue weighted by atomic mass is 9.80. The van der Waals surface area contributed by atoms with Crippen LogP contribution in [-0.4, -0.2) is 32.4 Å². The molecule has 0 saturated heterocycles. The minimum atomic E-state index is -0.721. The third kappa shape index (κ3) is 5.45. The molecule has 0 aromatic heterocycles. The summed E-state index contributed by atoms with van der Waals surface area (Å²) in [5, 5.41) is 20.0. The molecule has 0 amide bonds. The van der Waals surface area contributed by atoms with Gasteiger partial charge in [0.05, 0.1) is 6.10 Å². The third-order valence-electron chi connectivity index (χ3n) is 7.10. The van der Waals surface area contributed by atoms with Gasteiger partial charge in [0.15, 0.2) is 0 Å². The molecule has 2 fully saturated rings. The molecule has 3 aliphatic rings. The van der Waals surface area contributed by atoms with Crippen molar-refractivity contribution in [2.24, 2.45) is 17.8 Å². The van der Waals surface area contributed by atoms with Crippen molar-refractivity contribution in [3.05, 3.63) is 11.0 Å². The number of halogens is 1. The van der Waals surface area contributed by atoms with E-state index in [9.17, 15) is 15.0 Å². The van der Waals surface area contributed by atoms with Gasteiger partial charge in [-0.1, -0.05) is 44.6 Å². The van der Waals surface area contributed by atoms with Crippen LogP contribution in [0, 0.1) is 17.8 Å². The van der Waals surface area contributed by atoms with Gasteiger partial charge < -0.3 is 10.2 Å². The highest BCUT2D eigenvalue weighted by Crippen LogP contribution is 2.46. The first-order valence-corrected chi connectivity index (χ1v) is 12.1. The normalized spacial score (nSPS) is 37.5. The van der Waals surface area contributed by atoms with Gasteiger partial charge in [0, 0.05) is 5.38 Å². The van der Waals surface area contributed by atoms with Crippen molar-refractivity contribution in [2.75, 3.05) is 0 Å². The predicted molar refractivity (Wildman–Crippen MR) is 113 cm³/mol. The monoisotopic (exact) mass is 414 g/mol. The maximum absolute atomic E-state index is 11.4. The number of aliphatic hydroxyl groups excluding tert-OH is 1. The number of carbonyl (C=O) groups is 1. The number of aliphatic carboxylic acids is 1. The summed E-state index contributed by atoms with van der Waals surface area (Å²) >= 11 is 8.13. The van der Waals surface area contributed by atoms with E-state index in [1.807, 2.05) is 6.92 Å². The van der Waals surface area contributed by atoms with Crippen LogP contribution in [0.3, 0.4) is 0 Å². The second kappa shape index (κ2) is 9.54. The molecule has 0 radical (unpaired) electrons. The molecule has 2 saturated carbocycles. The topological polar surface area (TPSA) is 57.5 Å². The van der Waals surface area contributed by atoms with Crippen molar-refractivity contribution >= 4 is 29.3 Å². The van der Waals surface area contributed by atoms with Crippen molar-refractivity contribution in [3.8, 4) is 0 Å². The molecule has 1 aliphatic heterocycles. The molecule has 3 nitrogen and oxygen atoms in total. The minimum Gasteiger partial charge on any atom is -0.480 e. The van der Waals surface area contributed by atoms with Crippen LogP contribution in [-0.2, 0) is 4.79 Å². The van der Waals surface area contributed by atoms with Crippen LogP contribution in [0.1, 0.15) is 84.0 Å². The summed E-state index contributed by atoms with van der Waals surface area (Å²) in [6.07, 6.45) is 15.5. The molecule has 5 unspecified atom stereocenters.